The van der Waals surface area contributed by atoms with E-state index in [2.05, 4.69) is 36.8 Å². The van der Waals surface area contributed by atoms with Crippen LogP contribution < -0.4 is 4.74 Å². The summed E-state index contributed by atoms with van der Waals surface area (Å²) in [5, 5.41) is 0. The second-order valence-corrected chi connectivity index (χ2v) is 4.58. The molecule has 2 aromatic rings. The van der Waals surface area contributed by atoms with E-state index in [1.54, 1.807) is 12.4 Å². The van der Waals surface area contributed by atoms with E-state index in [1.165, 1.54) is 0 Å². The molecule has 1 heterocycles. The summed E-state index contributed by atoms with van der Waals surface area (Å²) >= 11 is 6.82. The Morgan fingerprint density at radius 2 is 1.87 bits per heavy atom. The molecule has 0 radical (unpaired) electrons. The number of aromatic nitrogens is 1. The standard InChI is InChI=1S/C11H7Br2NO/c12-10-4-3-8(6-11(10)13)15-9-2-1-5-14-7-9/h1-7H. The quantitative estimate of drug-likeness (QED) is 0.815. The maximum atomic E-state index is 5.60. The van der Waals surface area contributed by atoms with Gasteiger partial charge < -0.3 is 4.74 Å². The summed E-state index contributed by atoms with van der Waals surface area (Å²) < 4.78 is 7.56. The number of nitrogens with zero attached hydrogens (tertiary/aromatic N) is 1. The molecule has 0 unspecified atom stereocenters. The van der Waals surface area contributed by atoms with E-state index in [0.29, 0.717) is 0 Å². The monoisotopic (exact) mass is 327 g/mol. The fraction of sp³-hybridized carbons (Fsp3) is 0. The minimum absolute atomic E-state index is 0.728. The number of rotatable bonds is 2. The Balaban J connectivity index is 2.22. The summed E-state index contributed by atoms with van der Waals surface area (Å²) in [5.74, 6) is 1.50. The Morgan fingerprint density at radius 1 is 1.00 bits per heavy atom. The van der Waals surface area contributed by atoms with Crippen molar-refractivity contribution in [2.75, 3.05) is 0 Å². The molecule has 0 fully saturated rings. The maximum absolute atomic E-state index is 5.60. The van der Waals surface area contributed by atoms with Crippen LogP contribution in [-0.2, 0) is 0 Å². The summed E-state index contributed by atoms with van der Waals surface area (Å²) in [6.45, 7) is 0. The first kappa shape index (κ1) is 10.6. The Hall–Kier alpha value is -0.870. The van der Waals surface area contributed by atoms with Gasteiger partial charge >= 0.3 is 0 Å². The molecular formula is C11H7Br2NO. The van der Waals surface area contributed by atoms with E-state index in [4.69, 9.17) is 4.74 Å². The lowest BCUT2D eigenvalue weighted by Crippen LogP contribution is -1.84. The normalized spacial score (nSPS) is 10.0. The molecule has 0 amide bonds. The highest BCUT2D eigenvalue weighted by Crippen LogP contribution is 2.29. The van der Waals surface area contributed by atoms with Crippen molar-refractivity contribution in [3.05, 3.63) is 51.7 Å². The van der Waals surface area contributed by atoms with Crippen LogP contribution in [0.25, 0.3) is 0 Å². The SMILES string of the molecule is Brc1ccc(Oc2cccnc2)cc1Br. The van der Waals surface area contributed by atoms with E-state index < -0.39 is 0 Å². The molecule has 0 saturated carbocycles. The van der Waals surface area contributed by atoms with Crippen LogP contribution in [0, 0.1) is 0 Å². The number of ether oxygens (including phenoxy) is 1. The molecule has 15 heavy (non-hydrogen) atoms. The Kier molecular flexibility index (Phi) is 3.38. The molecule has 2 rings (SSSR count). The summed E-state index contributed by atoms with van der Waals surface area (Å²) in [5.41, 5.74) is 0. The van der Waals surface area contributed by atoms with E-state index in [-0.39, 0.29) is 0 Å². The van der Waals surface area contributed by atoms with Gasteiger partial charge in [-0.1, -0.05) is 0 Å². The van der Waals surface area contributed by atoms with Crippen LogP contribution in [0.2, 0.25) is 0 Å². The molecule has 0 atom stereocenters. The number of hydrogen-bond donors (Lipinski definition) is 0. The van der Waals surface area contributed by atoms with E-state index in [1.807, 2.05) is 30.3 Å². The number of benzene rings is 1. The predicted octanol–water partition coefficient (Wildman–Crippen LogP) is 4.40. The molecule has 1 aromatic carbocycles. The molecule has 0 aliphatic heterocycles. The molecule has 0 aliphatic rings. The predicted molar refractivity (Wildman–Crippen MR) is 66.2 cm³/mol. The average Bonchev–Trinajstić information content (AvgIpc) is 2.25. The molecule has 2 nitrogen and oxygen atoms in total. The molecule has 0 bridgehead atoms. The van der Waals surface area contributed by atoms with Gasteiger partial charge in [0.05, 0.1) is 6.20 Å². The summed E-state index contributed by atoms with van der Waals surface area (Å²) in [7, 11) is 0. The number of halogens is 2. The molecule has 0 spiro atoms. The summed E-state index contributed by atoms with van der Waals surface area (Å²) in [6.07, 6.45) is 3.39. The third kappa shape index (κ3) is 2.79. The fourth-order valence-corrected chi connectivity index (χ4v) is 1.69. The Labute approximate surface area is 105 Å². The van der Waals surface area contributed by atoms with Crippen LogP contribution in [0.5, 0.6) is 11.5 Å². The summed E-state index contributed by atoms with van der Waals surface area (Å²) in [6, 6.07) is 9.42. The van der Waals surface area contributed by atoms with Crippen LogP contribution in [0.3, 0.4) is 0 Å². The molecule has 1 aromatic heterocycles. The zero-order valence-electron chi connectivity index (χ0n) is 7.65. The highest BCUT2D eigenvalue weighted by atomic mass is 79.9. The Morgan fingerprint density at radius 3 is 2.53 bits per heavy atom. The van der Waals surface area contributed by atoms with Gasteiger partial charge in [0.15, 0.2) is 0 Å². The van der Waals surface area contributed by atoms with Crippen molar-refractivity contribution in [1.29, 1.82) is 0 Å². The van der Waals surface area contributed by atoms with Gasteiger partial charge in [0.1, 0.15) is 11.5 Å². The number of pyridine rings is 1. The van der Waals surface area contributed by atoms with Gasteiger partial charge in [0, 0.05) is 15.1 Å². The first-order chi connectivity index (χ1) is 7.25. The fourth-order valence-electron chi connectivity index (χ4n) is 1.08. The van der Waals surface area contributed by atoms with Gasteiger partial charge in [-0.2, -0.15) is 0 Å². The van der Waals surface area contributed by atoms with Crippen LogP contribution in [0.1, 0.15) is 0 Å². The maximum Gasteiger partial charge on any atom is 0.145 e. The van der Waals surface area contributed by atoms with E-state index in [9.17, 15) is 0 Å². The minimum atomic E-state index is 0.728. The Bertz CT molecular complexity index is 459. The highest BCUT2D eigenvalue weighted by Gasteiger charge is 2.00. The molecule has 0 aliphatic carbocycles. The van der Waals surface area contributed by atoms with Gasteiger partial charge in [-0.15, -0.1) is 0 Å². The van der Waals surface area contributed by atoms with Gasteiger partial charge in [-0.05, 0) is 62.2 Å². The molecule has 4 heteroatoms. The van der Waals surface area contributed by atoms with Gasteiger partial charge in [-0.25, -0.2) is 0 Å². The number of hydrogen-bond acceptors (Lipinski definition) is 2. The lowest BCUT2D eigenvalue weighted by atomic mass is 10.3. The van der Waals surface area contributed by atoms with Crippen molar-refractivity contribution in [1.82, 2.24) is 4.98 Å². The lowest BCUT2D eigenvalue weighted by Gasteiger charge is -2.05. The largest absolute Gasteiger partial charge is 0.456 e. The lowest BCUT2D eigenvalue weighted by molar-refractivity contribution is 0.480. The zero-order valence-corrected chi connectivity index (χ0v) is 10.8. The van der Waals surface area contributed by atoms with Crippen LogP contribution in [-0.4, -0.2) is 4.98 Å². The van der Waals surface area contributed by atoms with Crippen LogP contribution in [0.15, 0.2) is 51.7 Å². The average molecular weight is 329 g/mol. The molecule has 0 N–H and O–H groups in total. The van der Waals surface area contributed by atoms with E-state index in [0.717, 1.165) is 20.4 Å². The van der Waals surface area contributed by atoms with Crippen LogP contribution >= 0.6 is 31.9 Å². The topological polar surface area (TPSA) is 22.1 Å². The van der Waals surface area contributed by atoms with Gasteiger partial charge in [-0.3, -0.25) is 4.98 Å². The van der Waals surface area contributed by atoms with Crippen LogP contribution in [0.4, 0.5) is 0 Å². The second kappa shape index (κ2) is 4.77. The third-order valence-corrected chi connectivity index (χ3v) is 3.64. The first-order valence-corrected chi connectivity index (χ1v) is 5.87. The van der Waals surface area contributed by atoms with Crippen molar-refractivity contribution in [2.24, 2.45) is 0 Å². The molecule has 0 saturated heterocycles. The third-order valence-electron chi connectivity index (χ3n) is 1.76. The van der Waals surface area contributed by atoms with Crippen molar-refractivity contribution in [2.45, 2.75) is 0 Å². The van der Waals surface area contributed by atoms with Crippen molar-refractivity contribution in [3.63, 3.8) is 0 Å². The smallest absolute Gasteiger partial charge is 0.145 e. The second-order valence-electron chi connectivity index (χ2n) is 2.87. The van der Waals surface area contributed by atoms with Crippen molar-refractivity contribution >= 4 is 31.9 Å². The van der Waals surface area contributed by atoms with Crippen molar-refractivity contribution in [3.8, 4) is 11.5 Å². The first-order valence-electron chi connectivity index (χ1n) is 4.28. The van der Waals surface area contributed by atoms with Crippen molar-refractivity contribution < 1.29 is 4.74 Å². The van der Waals surface area contributed by atoms with Gasteiger partial charge in [0.25, 0.3) is 0 Å². The minimum Gasteiger partial charge on any atom is -0.456 e. The van der Waals surface area contributed by atoms with E-state index >= 15 is 0 Å². The van der Waals surface area contributed by atoms with Gasteiger partial charge in [0.2, 0.25) is 0 Å². The highest BCUT2D eigenvalue weighted by molar-refractivity contribution is 9.13. The summed E-state index contributed by atoms with van der Waals surface area (Å²) in [4.78, 5) is 3.97. The molecular weight excluding hydrogens is 322 g/mol. The zero-order chi connectivity index (χ0) is 10.7. The molecule has 76 valence electrons.